The Hall–Kier alpha value is -0.340. The van der Waals surface area contributed by atoms with Gasteiger partial charge in [-0.25, -0.2) is 0 Å². The van der Waals surface area contributed by atoms with Gasteiger partial charge in [0.1, 0.15) is 0 Å². The molecule has 2 heteroatoms. The van der Waals surface area contributed by atoms with Crippen LogP contribution in [-0.4, -0.2) is 36.1 Å². The van der Waals surface area contributed by atoms with Crippen molar-refractivity contribution in [1.29, 1.82) is 0 Å². The molecule has 1 aliphatic carbocycles. The first-order valence-corrected chi connectivity index (χ1v) is 7.72. The minimum atomic E-state index is 0.584. The van der Waals surface area contributed by atoms with Crippen LogP contribution in [0.25, 0.3) is 0 Å². The Balaban J connectivity index is 1.97. The van der Waals surface area contributed by atoms with Crippen molar-refractivity contribution in [2.45, 2.75) is 64.6 Å². The van der Waals surface area contributed by atoms with Crippen LogP contribution in [0, 0.1) is 11.8 Å². The molecule has 104 valence electrons. The van der Waals surface area contributed by atoms with Crippen molar-refractivity contribution in [1.82, 2.24) is 10.2 Å². The van der Waals surface area contributed by atoms with Gasteiger partial charge in [-0.1, -0.05) is 12.5 Å². The third-order valence-electron chi connectivity index (χ3n) is 4.83. The van der Waals surface area contributed by atoms with Crippen molar-refractivity contribution >= 4 is 0 Å². The fourth-order valence-corrected chi connectivity index (χ4v) is 3.81. The number of nitrogens with one attached hydrogen (secondary N) is 1. The number of hydrogen-bond acceptors (Lipinski definition) is 2. The van der Waals surface area contributed by atoms with E-state index < -0.39 is 0 Å². The van der Waals surface area contributed by atoms with Gasteiger partial charge in [0, 0.05) is 31.2 Å². The predicted molar refractivity (Wildman–Crippen MR) is 78.7 cm³/mol. The lowest BCUT2D eigenvalue weighted by Crippen LogP contribution is -2.59. The molecule has 2 aliphatic rings. The van der Waals surface area contributed by atoms with Crippen molar-refractivity contribution < 1.29 is 0 Å². The minimum absolute atomic E-state index is 0.584. The van der Waals surface area contributed by atoms with Gasteiger partial charge < -0.3 is 10.2 Å². The maximum absolute atomic E-state index is 3.88. The number of nitrogens with zero attached hydrogens (tertiary/aromatic N) is 1. The van der Waals surface area contributed by atoms with Gasteiger partial charge >= 0.3 is 0 Å². The second kappa shape index (κ2) is 6.21. The van der Waals surface area contributed by atoms with Gasteiger partial charge in [0.15, 0.2) is 0 Å². The van der Waals surface area contributed by atoms with Crippen molar-refractivity contribution in [3.8, 4) is 0 Å². The van der Waals surface area contributed by atoms with E-state index in [1.165, 1.54) is 32.4 Å². The number of piperidine rings is 1. The summed E-state index contributed by atoms with van der Waals surface area (Å²) >= 11 is 0. The highest BCUT2D eigenvalue weighted by atomic mass is 15.2. The second-order valence-electron chi connectivity index (χ2n) is 6.62. The predicted octanol–water partition coefficient (Wildman–Crippen LogP) is 3.05. The number of fused-ring (bicyclic) bond motifs is 2. The van der Waals surface area contributed by atoms with Crippen LogP contribution in [0.5, 0.6) is 0 Å². The monoisotopic (exact) mass is 250 g/mol. The van der Waals surface area contributed by atoms with Crippen LogP contribution in [-0.2, 0) is 0 Å². The van der Waals surface area contributed by atoms with E-state index in [9.17, 15) is 0 Å². The van der Waals surface area contributed by atoms with Crippen molar-refractivity contribution in [3.63, 3.8) is 0 Å². The van der Waals surface area contributed by atoms with Gasteiger partial charge in [0.05, 0.1) is 0 Å². The van der Waals surface area contributed by atoms with E-state index in [4.69, 9.17) is 0 Å². The normalized spacial score (nSPS) is 34.6. The van der Waals surface area contributed by atoms with E-state index in [0.29, 0.717) is 12.1 Å². The molecule has 0 radical (unpaired) electrons. The molecule has 0 spiro atoms. The Bertz CT molecular complexity index is 260. The van der Waals surface area contributed by atoms with Crippen LogP contribution in [0.3, 0.4) is 0 Å². The first-order chi connectivity index (χ1) is 8.61. The molecule has 1 aliphatic heterocycles. The number of rotatable bonds is 5. The molecule has 3 unspecified atom stereocenters. The molecule has 0 aromatic rings. The van der Waals surface area contributed by atoms with Crippen LogP contribution in [0.4, 0.5) is 0 Å². The lowest BCUT2D eigenvalue weighted by Gasteiger charge is -2.49. The summed E-state index contributed by atoms with van der Waals surface area (Å²) in [6, 6.07) is 2.05. The number of likely N-dealkylation sites (tertiary alicyclic amines) is 1. The second-order valence-corrected chi connectivity index (χ2v) is 6.62. The molecule has 1 saturated carbocycles. The van der Waals surface area contributed by atoms with E-state index in [0.717, 1.165) is 24.3 Å². The summed E-state index contributed by atoms with van der Waals surface area (Å²) in [6.07, 6.45) is 7.40. The third kappa shape index (κ3) is 3.16. The lowest BCUT2D eigenvalue weighted by molar-refractivity contribution is 0.0259. The van der Waals surface area contributed by atoms with Crippen LogP contribution >= 0.6 is 0 Å². The summed E-state index contributed by atoms with van der Waals surface area (Å²) in [7, 11) is 0. The zero-order chi connectivity index (χ0) is 13.1. The van der Waals surface area contributed by atoms with Gasteiger partial charge in [-0.05, 0) is 51.9 Å². The SMILES string of the molecule is C=CCC(C)NC1C2CCCC1CN(C(C)C)C2. The van der Waals surface area contributed by atoms with E-state index in [1.54, 1.807) is 0 Å². The molecule has 0 aromatic carbocycles. The molecule has 1 saturated heterocycles. The highest BCUT2D eigenvalue weighted by molar-refractivity contribution is 4.96. The zero-order valence-electron chi connectivity index (χ0n) is 12.4. The molecule has 1 heterocycles. The molecule has 3 atom stereocenters. The maximum Gasteiger partial charge on any atom is 0.0151 e. The summed E-state index contributed by atoms with van der Waals surface area (Å²) in [5, 5.41) is 3.88. The molecule has 18 heavy (non-hydrogen) atoms. The molecule has 0 amide bonds. The smallest absolute Gasteiger partial charge is 0.0151 e. The zero-order valence-corrected chi connectivity index (χ0v) is 12.4. The molecule has 2 fully saturated rings. The number of hydrogen-bond donors (Lipinski definition) is 1. The fraction of sp³-hybridized carbons (Fsp3) is 0.875. The first-order valence-electron chi connectivity index (χ1n) is 7.72. The Kier molecular flexibility index (Phi) is 4.85. The Labute approximate surface area is 113 Å². The van der Waals surface area contributed by atoms with Gasteiger partial charge in [0.25, 0.3) is 0 Å². The van der Waals surface area contributed by atoms with Crippen LogP contribution < -0.4 is 5.32 Å². The minimum Gasteiger partial charge on any atom is -0.311 e. The highest BCUT2D eigenvalue weighted by Crippen LogP contribution is 2.35. The summed E-state index contributed by atoms with van der Waals surface area (Å²) in [6.45, 7) is 13.4. The van der Waals surface area contributed by atoms with Gasteiger partial charge in [-0.2, -0.15) is 0 Å². The van der Waals surface area contributed by atoms with Gasteiger partial charge in [0.2, 0.25) is 0 Å². The van der Waals surface area contributed by atoms with Crippen LogP contribution in [0.15, 0.2) is 12.7 Å². The molecule has 2 nitrogen and oxygen atoms in total. The van der Waals surface area contributed by atoms with E-state index in [2.05, 4.69) is 37.6 Å². The van der Waals surface area contributed by atoms with Crippen LogP contribution in [0.1, 0.15) is 46.5 Å². The molecule has 0 aromatic heterocycles. The standard InChI is InChI=1S/C16H30N2/c1-5-7-13(4)17-16-14-8-6-9-15(16)11-18(10-14)12(2)3/h5,12-17H,1,6-11H2,2-4H3. The van der Waals surface area contributed by atoms with Gasteiger partial charge in [-0.15, -0.1) is 6.58 Å². The van der Waals surface area contributed by atoms with Crippen molar-refractivity contribution in [2.24, 2.45) is 11.8 Å². The lowest BCUT2D eigenvalue weighted by atomic mass is 9.73. The van der Waals surface area contributed by atoms with Crippen LogP contribution in [0.2, 0.25) is 0 Å². The first kappa shape index (κ1) is 14.1. The van der Waals surface area contributed by atoms with E-state index in [-0.39, 0.29) is 0 Å². The summed E-state index contributed by atoms with van der Waals surface area (Å²) in [5.41, 5.74) is 0. The molecular formula is C16H30N2. The van der Waals surface area contributed by atoms with Crippen molar-refractivity contribution in [3.05, 3.63) is 12.7 Å². The average molecular weight is 250 g/mol. The average Bonchev–Trinajstić information content (AvgIpc) is 2.28. The van der Waals surface area contributed by atoms with E-state index >= 15 is 0 Å². The fourth-order valence-electron chi connectivity index (χ4n) is 3.81. The molecular weight excluding hydrogens is 220 g/mol. The molecule has 2 rings (SSSR count). The summed E-state index contributed by atoms with van der Waals surface area (Å²) in [5.74, 6) is 1.74. The van der Waals surface area contributed by atoms with Gasteiger partial charge in [-0.3, -0.25) is 0 Å². The summed E-state index contributed by atoms with van der Waals surface area (Å²) < 4.78 is 0. The molecule has 2 bridgehead atoms. The Morgan fingerprint density at radius 2 is 1.83 bits per heavy atom. The topological polar surface area (TPSA) is 15.3 Å². The highest BCUT2D eigenvalue weighted by Gasteiger charge is 2.40. The quantitative estimate of drug-likeness (QED) is 0.755. The van der Waals surface area contributed by atoms with Crippen molar-refractivity contribution in [2.75, 3.05) is 13.1 Å². The maximum atomic E-state index is 3.88. The third-order valence-corrected chi connectivity index (χ3v) is 4.83. The Morgan fingerprint density at radius 3 is 2.33 bits per heavy atom. The molecule has 1 N–H and O–H groups in total. The largest absolute Gasteiger partial charge is 0.311 e. The Morgan fingerprint density at radius 1 is 1.22 bits per heavy atom. The van der Waals surface area contributed by atoms with E-state index in [1.807, 2.05) is 6.08 Å². The summed E-state index contributed by atoms with van der Waals surface area (Å²) in [4.78, 5) is 2.69.